The van der Waals surface area contributed by atoms with Crippen LogP contribution in [0.2, 0.25) is 0 Å². The molecule has 0 aliphatic rings. The predicted octanol–water partition coefficient (Wildman–Crippen LogP) is 5.42. The molecule has 0 fully saturated rings. The van der Waals surface area contributed by atoms with E-state index in [1.54, 1.807) is 12.1 Å². The SMILES string of the molecule is FC(F)(F)c1cccc(-c2noc(-c3ccc(C#Cc4ccccc4)o3)n2)c1. The first-order chi connectivity index (χ1) is 13.5. The Balaban J connectivity index is 1.58. The highest BCUT2D eigenvalue weighted by atomic mass is 19.4. The van der Waals surface area contributed by atoms with Gasteiger partial charge in [0.15, 0.2) is 11.5 Å². The predicted molar refractivity (Wildman–Crippen MR) is 94.9 cm³/mol. The zero-order valence-electron chi connectivity index (χ0n) is 14.2. The van der Waals surface area contributed by atoms with E-state index in [2.05, 4.69) is 22.0 Å². The number of benzene rings is 2. The van der Waals surface area contributed by atoms with Gasteiger partial charge in [0.1, 0.15) is 0 Å². The molecule has 0 radical (unpaired) electrons. The van der Waals surface area contributed by atoms with Crippen molar-refractivity contribution in [2.24, 2.45) is 0 Å². The van der Waals surface area contributed by atoms with Crippen molar-refractivity contribution in [3.05, 3.63) is 83.6 Å². The second-order valence-electron chi connectivity index (χ2n) is 5.78. The highest BCUT2D eigenvalue weighted by molar-refractivity contribution is 5.59. The molecule has 2 aromatic heterocycles. The van der Waals surface area contributed by atoms with Crippen LogP contribution in [0.3, 0.4) is 0 Å². The number of aromatic nitrogens is 2. The van der Waals surface area contributed by atoms with Gasteiger partial charge in [-0.3, -0.25) is 0 Å². The molecule has 0 spiro atoms. The zero-order valence-corrected chi connectivity index (χ0v) is 14.2. The highest BCUT2D eigenvalue weighted by Gasteiger charge is 2.30. The van der Waals surface area contributed by atoms with Gasteiger partial charge in [-0.05, 0) is 42.3 Å². The molecular formula is C21H11F3N2O2. The van der Waals surface area contributed by atoms with E-state index in [1.165, 1.54) is 12.1 Å². The normalized spacial score (nSPS) is 11.1. The van der Waals surface area contributed by atoms with E-state index in [-0.39, 0.29) is 23.0 Å². The fourth-order valence-corrected chi connectivity index (χ4v) is 2.45. The van der Waals surface area contributed by atoms with E-state index in [9.17, 15) is 13.2 Å². The number of hydrogen-bond acceptors (Lipinski definition) is 4. The Hall–Kier alpha value is -3.79. The number of nitrogens with zero attached hydrogens (tertiary/aromatic N) is 2. The quantitative estimate of drug-likeness (QED) is 0.436. The summed E-state index contributed by atoms with van der Waals surface area (Å²) in [6.07, 6.45) is -4.45. The summed E-state index contributed by atoms with van der Waals surface area (Å²) in [5, 5.41) is 3.74. The summed E-state index contributed by atoms with van der Waals surface area (Å²) in [5.41, 5.74) is 0.248. The minimum Gasteiger partial charge on any atom is -0.443 e. The van der Waals surface area contributed by atoms with Crippen LogP contribution in [0.25, 0.3) is 23.0 Å². The molecule has 0 aliphatic carbocycles. The van der Waals surface area contributed by atoms with Gasteiger partial charge in [0, 0.05) is 11.1 Å². The van der Waals surface area contributed by atoms with Crippen molar-refractivity contribution < 1.29 is 22.1 Å². The molecule has 4 rings (SSSR count). The molecule has 7 heteroatoms. The van der Waals surface area contributed by atoms with Gasteiger partial charge in [-0.2, -0.15) is 18.2 Å². The molecule has 2 aromatic carbocycles. The van der Waals surface area contributed by atoms with Crippen LogP contribution in [0.4, 0.5) is 13.2 Å². The van der Waals surface area contributed by atoms with E-state index in [1.807, 2.05) is 30.3 Å². The third kappa shape index (κ3) is 3.81. The lowest BCUT2D eigenvalue weighted by molar-refractivity contribution is -0.137. The smallest absolute Gasteiger partial charge is 0.416 e. The number of halogens is 3. The maximum atomic E-state index is 12.9. The van der Waals surface area contributed by atoms with Crippen molar-refractivity contribution in [1.82, 2.24) is 10.1 Å². The van der Waals surface area contributed by atoms with E-state index >= 15 is 0 Å². The molecule has 4 nitrogen and oxygen atoms in total. The third-order valence-electron chi connectivity index (χ3n) is 3.79. The largest absolute Gasteiger partial charge is 0.443 e. The fraction of sp³-hybridized carbons (Fsp3) is 0.0476. The summed E-state index contributed by atoms with van der Waals surface area (Å²) in [7, 11) is 0. The van der Waals surface area contributed by atoms with Gasteiger partial charge in [-0.25, -0.2) is 0 Å². The molecule has 0 atom stereocenters. The van der Waals surface area contributed by atoms with E-state index < -0.39 is 11.7 Å². The topological polar surface area (TPSA) is 52.1 Å². The van der Waals surface area contributed by atoms with Crippen LogP contribution in [0.15, 0.2) is 75.7 Å². The number of hydrogen-bond donors (Lipinski definition) is 0. The van der Waals surface area contributed by atoms with Crippen molar-refractivity contribution in [2.75, 3.05) is 0 Å². The molecule has 0 saturated carbocycles. The fourth-order valence-electron chi connectivity index (χ4n) is 2.45. The Morgan fingerprint density at radius 3 is 2.46 bits per heavy atom. The Kier molecular flexibility index (Phi) is 4.45. The van der Waals surface area contributed by atoms with Gasteiger partial charge in [0.2, 0.25) is 5.82 Å². The van der Waals surface area contributed by atoms with Gasteiger partial charge < -0.3 is 8.94 Å². The third-order valence-corrected chi connectivity index (χ3v) is 3.79. The van der Waals surface area contributed by atoms with Crippen molar-refractivity contribution >= 4 is 0 Å². The lowest BCUT2D eigenvalue weighted by atomic mass is 10.1. The molecule has 0 unspecified atom stereocenters. The molecule has 0 N–H and O–H groups in total. The molecule has 138 valence electrons. The zero-order chi connectivity index (χ0) is 19.6. The van der Waals surface area contributed by atoms with E-state index in [0.29, 0.717) is 5.76 Å². The number of rotatable bonds is 2. The number of furan rings is 1. The highest BCUT2D eigenvalue weighted by Crippen LogP contribution is 2.32. The monoisotopic (exact) mass is 380 g/mol. The molecule has 0 aliphatic heterocycles. The van der Waals surface area contributed by atoms with Crippen molar-refractivity contribution in [1.29, 1.82) is 0 Å². The van der Waals surface area contributed by atoms with Crippen LogP contribution in [-0.4, -0.2) is 10.1 Å². The summed E-state index contributed by atoms with van der Waals surface area (Å²) in [4.78, 5) is 4.12. The molecule has 28 heavy (non-hydrogen) atoms. The first kappa shape index (κ1) is 17.6. The molecule has 4 aromatic rings. The summed E-state index contributed by atoms with van der Waals surface area (Å²) >= 11 is 0. The van der Waals surface area contributed by atoms with Crippen LogP contribution in [0.1, 0.15) is 16.9 Å². The van der Waals surface area contributed by atoms with Crippen LogP contribution >= 0.6 is 0 Å². The molecule has 0 saturated heterocycles. The maximum Gasteiger partial charge on any atom is 0.416 e. The van der Waals surface area contributed by atoms with E-state index in [0.717, 1.165) is 17.7 Å². The average molecular weight is 380 g/mol. The Labute approximate surface area is 157 Å². The minimum absolute atomic E-state index is 0.0365. The lowest BCUT2D eigenvalue weighted by Crippen LogP contribution is -2.04. The molecule has 0 bridgehead atoms. The molecular weight excluding hydrogens is 369 g/mol. The Morgan fingerprint density at radius 2 is 1.68 bits per heavy atom. The summed E-state index contributed by atoms with van der Waals surface area (Å²) in [5.74, 6) is 6.62. The van der Waals surface area contributed by atoms with Crippen molar-refractivity contribution in [2.45, 2.75) is 6.18 Å². The van der Waals surface area contributed by atoms with Gasteiger partial charge in [-0.1, -0.05) is 41.4 Å². The molecule has 2 heterocycles. The van der Waals surface area contributed by atoms with Gasteiger partial charge in [-0.15, -0.1) is 0 Å². The van der Waals surface area contributed by atoms with Crippen LogP contribution < -0.4 is 0 Å². The Morgan fingerprint density at radius 1 is 0.857 bits per heavy atom. The maximum absolute atomic E-state index is 12.9. The average Bonchev–Trinajstić information content (AvgIpc) is 3.36. The van der Waals surface area contributed by atoms with Crippen LogP contribution in [0, 0.1) is 11.8 Å². The standard InChI is InChI=1S/C21H11F3N2O2/c22-21(23,24)16-8-4-7-15(13-16)19-25-20(28-26-19)18-12-11-17(27-18)10-9-14-5-2-1-3-6-14/h1-8,11-13H. The summed E-state index contributed by atoms with van der Waals surface area (Å²) in [6, 6.07) is 17.4. The first-order valence-electron chi connectivity index (χ1n) is 8.18. The summed E-state index contributed by atoms with van der Waals surface area (Å²) < 4.78 is 49.3. The van der Waals surface area contributed by atoms with Gasteiger partial charge >= 0.3 is 6.18 Å². The van der Waals surface area contributed by atoms with Gasteiger partial charge in [0.05, 0.1) is 5.56 Å². The molecule has 0 amide bonds. The summed E-state index contributed by atoms with van der Waals surface area (Å²) in [6.45, 7) is 0. The van der Waals surface area contributed by atoms with Gasteiger partial charge in [0.25, 0.3) is 5.89 Å². The lowest BCUT2D eigenvalue weighted by Gasteiger charge is -2.06. The first-order valence-corrected chi connectivity index (χ1v) is 8.18. The second kappa shape index (κ2) is 7.08. The van der Waals surface area contributed by atoms with Crippen molar-refractivity contribution in [3.8, 4) is 34.9 Å². The van der Waals surface area contributed by atoms with Crippen LogP contribution in [0.5, 0.6) is 0 Å². The number of alkyl halides is 3. The Bertz CT molecular complexity index is 1170. The minimum atomic E-state index is -4.45. The van der Waals surface area contributed by atoms with Crippen LogP contribution in [-0.2, 0) is 6.18 Å². The second-order valence-corrected chi connectivity index (χ2v) is 5.78. The van der Waals surface area contributed by atoms with E-state index in [4.69, 9.17) is 8.94 Å². The van der Waals surface area contributed by atoms with Crippen molar-refractivity contribution in [3.63, 3.8) is 0 Å².